The highest BCUT2D eigenvalue weighted by Crippen LogP contribution is 2.37. The van der Waals surface area contributed by atoms with E-state index in [9.17, 15) is 9.59 Å². The van der Waals surface area contributed by atoms with Crippen LogP contribution >= 0.6 is 11.6 Å². The Bertz CT molecular complexity index is 1650. The molecule has 2 aromatic heterocycles. The summed E-state index contributed by atoms with van der Waals surface area (Å²) in [6.07, 6.45) is 1.64. The Balaban J connectivity index is 1.22. The molecule has 38 heavy (non-hydrogen) atoms. The average molecular weight is 532 g/mol. The number of ether oxygens (including phenoxy) is 3. The van der Waals surface area contributed by atoms with Gasteiger partial charge in [-0.1, -0.05) is 23.7 Å². The average Bonchev–Trinajstić information content (AvgIpc) is 3.23. The van der Waals surface area contributed by atoms with Crippen LogP contribution in [0.3, 0.4) is 0 Å². The van der Waals surface area contributed by atoms with Crippen molar-refractivity contribution in [3.05, 3.63) is 78.1 Å². The van der Waals surface area contributed by atoms with Crippen LogP contribution in [0.4, 0.5) is 10.5 Å². The molecular weight excluding hydrogens is 510 g/mol. The molecule has 2 N–H and O–H groups in total. The standard InChI is InChI=1S/C27H22ClN5O5/c1-36-23-13-19-20(14-24(23)37-2)29-12-11-22(19)38-17-9-7-16(8-10-17)30-27(35)31-25(34)15-33-21-6-4-3-5-18(21)26(28)32-33/h3-14H,15H2,1-2H3,(H2,30,31,34,35). The normalized spacial score (nSPS) is 10.8. The van der Waals surface area contributed by atoms with E-state index in [0.717, 1.165) is 10.8 Å². The van der Waals surface area contributed by atoms with E-state index in [2.05, 4.69) is 20.7 Å². The third-order valence-electron chi connectivity index (χ3n) is 5.71. The number of urea groups is 1. The lowest BCUT2D eigenvalue weighted by Gasteiger charge is -2.13. The molecule has 3 amide bonds. The number of halogens is 1. The van der Waals surface area contributed by atoms with E-state index in [1.165, 1.54) is 4.68 Å². The number of methoxy groups -OCH3 is 2. The van der Waals surface area contributed by atoms with Gasteiger partial charge in [0.1, 0.15) is 18.0 Å². The fraction of sp³-hybridized carbons (Fsp3) is 0.111. The molecule has 3 aromatic carbocycles. The zero-order valence-corrected chi connectivity index (χ0v) is 21.2. The summed E-state index contributed by atoms with van der Waals surface area (Å²) >= 11 is 6.13. The molecule has 0 saturated heterocycles. The summed E-state index contributed by atoms with van der Waals surface area (Å²) in [7, 11) is 3.12. The van der Waals surface area contributed by atoms with Crippen molar-refractivity contribution >= 4 is 51.0 Å². The lowest BCUT2D eigenvalue weighted by atomic mass is 10.2. The molecular formula is C27H22ClN5O5. The van der Waals surface area contributed by atoms with Crippen LogP contribution < -0.4 is 24.8 Å². The second-order valence-corrected chi connectivity index (χ2v) is 8.49. The lowest BCUT2D eigenvalue weighted by Crippen LogP contribution is -2.36. The first kappa shape index (κ1) is 24.8. The number of anilines is 1. The summed E-state index contributed by atoms with van der Waals surface area (Å²) in [5.41, 5.74) is 1.86. The van der Waals surface area contributed by atoms with Crippen molar-refractivity contribution in [1.29, 1.82) is 0 Å². The van der Waals surface area contributed by atoms with E-state index < -0.39 is 11.9 Å². The molecule has 0 fully saturated rings. The van der Waals surface area contributed by atoms with Gasteiger partial charge in [0, 0.05) is 28.7 Å². The topological polar surface area (TPSA) is 117 Å². The van der Waals surface area contributed by atoms with Gasteiger partial charge >= 0.3 is 6.03 Å². The molecule has 0 atom stereocenters. The maximum absolute atomic E-state index is 12.4. The molecule has 2 heterocycles. The number of rotatable bonds is 7. The molecule has 0 unspecified atom stereocenters. The largest absolute Gasteiger partial charge is 0.493 e. The molecule has 0 spiro atoms. The first-order chi connectivity index (χ1) is 18.4. The first-order valence-corrected chi connectivity index (χ1v) is 11.8. The Morgan fingerprint density at radius 1 is 0.921 bits per heavy atom. The lowest BCUT2D eigenvalue weighted by molar-refractivity contribution is -0.120. The number of benzene rings is 3. The van der Waals surface area contributed by atoms with Crippen molar-refractivity contribution in [3.8, 4) is 23.0 Å². The fourth-order valence-corrected chi connectivity index (χ4v) is 4.19. The Labute approximate surface area is 222 Å². The minimum atomic E-state index is -0.674. The van der Waals surface area contributed by atoms with Gasteiger partial charge in [-0.2, -0.15) is 5.10 Å². The van der Waals surface area contributed by atoms with E-state index in [-0.39, 0.29) is 6.54 Å². The van der Waals surface area contributed by atoms with E-state index in [1.54, 1.807) is 68.9 Å². The molecule has 11 heteroatoms. The highest BCUT2D eigenvalue weighted by atomic mass is 35.5. The molecule has 10 nitrogen and oxygen atoms in total. The van der Waals surface area contributed by atoms with Crippen molar-refractivity contribution in [1.82, 2.24) is 20.1 Å². The number of nitrogens with zero attached hydrogens (tertiary/aromatic N) is 3. The summed E-state index contributed by atoms with van der Waals surface area (Å²) in [6.45, 7) is -0.163. The van der Waals surface area contributed by atoms with Crippen LogP contribution in [0.5, 0.6) is 23.0 Å². The number of amides is 3. The quantitative estimate of drug-likeness (QED) is 0.289. The van der Waals surface area contributed by atoms with Crippen LogP contribution in [-0.4, -0.2) is 40.9 Å². The molecule has 5 aromatic rings. The van der Waals surface area contributed by atoms with Crippen molar-refractivity contribution in [2.45, 2.75) is 6.54 Å². The van der Waals surface area contributed by atoms with E-state index in [4.69, 9.17) is 25.8 Å². The molecule has 0 bridgehead atoms. The molecule has 192 valence electrons. The van der Waals surface area contributed by atoms with E-state index in [0.29, 0.717) is 44.9 Å². The number of carbonyl (C=O) groups is 2. The molecule has 0 aliphatic rings. The van der Waals surface area contributed by atoms with Crippen LogP contribution in [0.25, 0.3) is 21.8 Å². The zero-order valence-electron chi connectivity index (χ0n) is 20.4. The van der Waals surface area contributed by atoms with Crippen LogP contribution in [0, 0.1) is 0 Å². The summed E-state index contributed by atoms with van der Waals surface area (Å²) in [5.74, 6) is 1.70. The highest BCUT2D eigenvalue weighted by Gasteiger charge is 2.14. The molecule has 0 saturated carbocycles. The minimum absolute atomic E-state index is 0.163. The number of carbonyl (C=O) groups excluding carboxylic acids is 2. The Morgan fingerprint density at radius 3 is 2.42 bits per heavy atom. The van der Waals surface area contributed by atoms with Crippen molar-refractivity contribution in [2.24, 2.45) is 0 Å². The number of hydrogen-bond acceptors (Lipinski definition) is 7. The highest BCUT2D eigenvalue weighted by molar-refractivity contribution is 6.34. The van der Waals surface area contributed by atoms with Crippen LogP contribution in [-0.2, 0) is 11.3 Å². The second kappa shape index (κ2) is 10.7. The first-order valence-electron chi connectivity index (χ1n) is 11.5. The second-order valence-electron chi connectivity index (χ2n) is 8.13. The number of pyridine rings is 1. The monoisotopic (exact) mass is 531 g/mol. The Hall–Kier alpha value is -4.83. The number of imide groups is 1. The summed E-state index contributed by atoms with van der Waals surface area (Å²) in [5, 5.41) is 10.8. The van der Waals surface area contributed by atoms with E-state index >= 15 is 0 Å². The molecule has 5 rings (SSSR count). The van der Waals surface area contributed by atoms with Gasteiger partial charge in [0.25, 0.3) is 0 Å². The number of para-hydroxylation sites is 1. The van der Waals surface area contributed by atoms with Gasteiger partial charge in [-0.05, 0) is 48.5 Å². The predicted octanol–water partition coefficient (Wildman–Crippen LogP) is 5.40. The van der Waals surface area contributed by atoms with Gasteiger partial charge in [-0.15, -0.1) is 0 Å². The summed E-state index contributed by atoms with van der Waals surface area (Å²) in [4.78, 5) is 29.1. The third kappa shape index (κ3) is 5.16. The molecule has 0 aliphatic carbocycles. The van der Waals surface area contributed by atoms with E-state index in [1.807, 2.05) is 18.2 Å². The third-order valence-corrected chi connectivity index (χ3v) is 5.99. The van der Waals surface area contributed by atoms with Crippen molar-refractivity contribution < 1.29 is 23.8 Å². The van der Waals surface area contributed by atoms with Gasteiger partial charge in [-0.3, -0.25) is 19.8 Å². The number of hydrogen-bond donors (Lipinski definition) is 2. The minimum Gasteiger partial charge on any atom is -0.493 e. The number of fused-ring (bicyclic) bond motifs is 2. The maximum atomic E-state index is 12.4. The Kier molecular flexibility index (Phi) is 6.96. The summed E-state index contributed by atoms with van der Waals surface area (Å²) in [6, 6.07) is 18.6. The fourth-order valence-electron chi connectivity index (χ4n) is 3.94. The van der Waals surface area contributed by atoms with Crippen LogP contribution in [0.1, 0.15) is 0 Å². The van der Waals surface area contributed by atoms with Gasteiger partial charge in [0.2, 0.25) is 5.91 Å². The van der Waals surface area contributed by atoms with Gasteiger partial charge in [0.15, 0.2) is 16.7 Å². The molecule has 0 radical (unpaired) electrons. The number of nitrogens with one attached hydrogen (secondary N) is 2. The number of aromatic nitrogens is 3. The van der Waals surface area contributed by atoms with Gasteiger partial charge < -0.3 is 19.5 Å². The smallest absolute Gasteiger partial charge is 0.325 e. The van der Waals surface area contributed by atoms with Crippen molar-refractivity contribution in [3.63, 3.8) is 0 Å². The van der Waals surface area contributed by atoms with Crippen LogP contribution in [0.15, 0.2) is 72.9 Å². The Morgan fingerprint density at radius 2 is 1.66 bits per heavy atom. The van der Waals surface area contributed by atoms with Gasteiger partial charge in [0.05, 0.1) is 25.3 Å². The van der Waals surface area contributed by atoms with Crippen molar-refractivity contribution in [2.75, 3.05) is 19.5 Å². The molecule has 0 aliphatic heterocycles. The SMILES string of the molecule is COc1cc2nccc(Oc3ccc(NC(=O)NC(=O)Cn4nc(Cl)c5ccccc54)cc3)c2cc1OC. The van der Waals surface area contributed by atoms with Crippen LogP contribution in [0.2, 0.25) is 5.15 Å². The zero-order chi connectivity index (χ0) is 26.6. The summed E-state index contributed by atoms with van der Waals surface area (Å²) < 4.78 is 18.2. The maximum Gasteiger partial charge on any atom is 0.325 e. The predicted molar refractivity (Wildman–Crippen MR) is 143 cm³/mol. The van der Waals surface area contributed by atoms with Gasteiger partial charge in [-0.25, -0.2) is 4.79 Å².